The summed E-state index contributed by atoms with van der Waals surface area (Å²) in [6.45, 7) is 0. The molecule has 0 bridgehead atoms. The maximum Gasteiger partial charge on any atom is 0.156 e. The minimum Gasteiger partial charge on any atom is -0.487 e. The third-order valence-corrected chi connectivity index (χ3v) is 5.65. The number of aliphatic hydroxyl groups is 2. The van der Waals surface area contributed by atoms with Crippen LogP contribution in [0.4, 0.5) is 0 Å². The number of fused-ring (bicyclic) bond motifs is 1. The Balaban J connectivity index is 1.80. The summed E-state index contributed by atoms with van der Waals surface area (Å²) in [6, 6.07) is 5.44. The zero-order valence-electron chi connectivity index (χ0n) is 11.0. The summed E-state index contributed by atoms with van der Waals surface area (Å²) >= 11 is 0. The van der Waals surface area contributed by atoms with Crippen LogP contribution in [0.2, 0.25) is 0 Å². The van der Waals surface area contributed by atoms with Gasteiger partial charge in [-0.05, 0) is 42.5 Å². The van der Waals surface area contributed by atoms with E-state index in [2.05, 4.69) is 0 Å². The summed E-state index contributed by atoms with van der Waals surface area (Å²) in [5.41, 5.74) is 1.96. The molecule has 1 fully saturated rings. The van der Waals surface area contributed by atoms with Crippen molar-refractivity contribution < 1.29 is 23.4 Å². The van der Waals surface area contributed by atoms with E-state index in [1.54, 1.807) is 12.1 Å². The lowest BCUT2D eigenvalue weighted by molar-refractivity contribution is 0.0733. The van der Waals surface area contributed by atoms with Crippen LogP contribution in [0.25, 0.3) is 0 Å². The number of hydrogen-bond donors (Lipinski definition) is 2. The third-order valence-electron chi connectivity index (χ3n) is 3.96. The van der Waals surface area contributed by atoms with Gasteiger partial charge >= 0.3 is 0 Å². The summed E-state index contributed by atoms with van der Waals surface area (Å²) in [4.78, 5) is 0. The van der Waals surface area contributed by atoms with Crippen molar-refractivity contribution in [2.45, 2.75) is 37.6 Å². The highest BCUT2D eigenvalue weighted by atomic mass is 32.2. The molecule has 2 aliphatic rings. The highest BCUT2D eigenvalue weighted by Gasteiger charge is 2.38. The largest absolute Gasteiger partial charge is 0.487 e. The van der Waals surface area contributed by atoms with Gasteiger partial charge in [-0.15, -0.1) is 0 Å². The Morgan fingerprint density at radius 2 is 2.00 bits per heavy atom. The van der Waals surface area contributed by atoms with Crippen molar-refractivity contribution in [3.8, 4) is 5.75 Å². The fourth-order valence-corrected chi connectivity index (χ4v) is 4.57. The lowest BCUT2D eigenvalue weighted by Gasteiger charge is -2.23. The number of benzene rings is 1. The summed E-state index contributed by atoms with van der Waals surface area (Å²) < 4.78 is 28.5. The van der Waals surface area contributed by atoms with E-state index in [0.29, 0.717) is 5.75 Å². The van der Waals surface area contributed by atoms with Crippen LogP contribution in [0.5, 0.6) is 5.75 Å². The normalized spacial score (nSPS) is 31.8. The average Bonchev–Trinajstić information content (AvgIpc) is 2.63. The summed E-state index contributed by atoms with van der Waals surface area (Å²) in [5, 5.41) is 19.7. The molecule has 0 amide bonds. The monoisotopic (exact) mass is 298 g/mol. The second-order valence-electron chi connectivity index (χ2n) is 5.57. The van der Waals surface area contributed by atoms with Crippen molar-refractivity contribution in [2.75, 3.05) is 11.5 Å². The first-order valence-electron chi connectivity index (χ1n) is 6.81. The van der Waals surface area contributed by atoms with Crippen LogP contribution in [0, 0.1) is 0 Å². The van der Waals surface area contributed by atoms with E-state index >= 15 is 0 Å². The standard InChI is InChI=1S/C14H18O5S/c15-12-3-1-2-9-4-5-10(6-11(9)12)19-14-8-20(17,18)7-13(14)16/h4-6,12-16H,1-3,7-8H2/t12-,13?,14?/m0/s1. The Labute approximate surface area is 118 Å². The molecule has 0 spiro atoms. The molecular formula is C14H18O5S. The van der Waals surface area contributed by atoms with Crippen LogP contribution in [0.15, 0.2) is 18.2 Å². The molecule has 1 saturated heterocycles. The molecule has 2 unspecified atom stereocenters. The molecular weight excluding hydrogens is 280 g/mol. The number of hydrogen-bond acceptors (Lipinski definition) is 5. The van der Waals surface area contributed by atoms with Crippen molar-refractivity contribution >= 4 is 9.84 Å². The van der Waals surface area contributed by atoms with E-state index in [1.165, 1.54) is 0 Å². The van der Waals surface area contributed by atoms with Crippen LogP contribution in [-0.4, -0.2) is 42.3 Å². The van der Waals surface area contributed by atoms with E-state index < -0.39 is 28.1 Å². The molecule has 1 aromatic carbocycles. The molecule has 3 atom stereocenters. The smallest absolute Gasteiger partial charge is 0.156 e. The predicted octanol–water partition coefficient (Wildman–Crippen LogP) is 0.593. The topological polar surface area (TPSA) is 83.8 Å². The van der Waals surface area contributed by atoms with Gasteiger partial charge in [0.05, 0.1) is 17.6 Å². The molecule has 20 heavy (non-hydrogen) atoms. The Hall–Kier alpha value is -1.11. The third kappa shape index (κ3) is 2.68. The minimum atomic E-state index is -3.22. The van der Waals surface area contributed by atoms with Crippen molar-refractivity contribution in [2.24, 2.45) is 0 Å². The Kier molecular flexibility index (Phi) is 3.48. The zero-order chi connectivity index (χ0) is 14.3. The summed E-state index contributed by atoms with van der Waals surface area (Å²) in [5.74, 6) is 0.102. The van der Waals surface area contributed by atoms with Gasteiger partial charge in [-0.1, -0.05) is 6.07 Å². The molecule has 6 heteroatoms. The average molecular weight is 298 g/mol. The Morgan fingerprint density at radius 3 is 2.70 bits per heavy atom. The minimum absolute atomic E-state index is 0.159. The van der Waals surface area contributed by atoms with Crippen LogP contribution in [0.1, 0.15) is 30.1 Å². The molecule has 5 nitrogen and oxygen atoms in total. The van der Waals surface area contributed by atoms with Gasteiger partial charge in [0.15, 0.2) is 9.84 Å². The first-order chi connectivity index (χ1) is 9.44. The van der Waals surface area contributed by atoms with Gasteiger partial charge in [0.25, 0.3) is 0 Å². The van der Waals surface area contributed by atoms with E-state index in [-0.39, 0.29) is 11.5 Å². The predicted molar refractivity (Wildman–Crippen MR) is 73.4 cm³/mol. The molecule has 0 radical (unpaired) electrons. The van der Waals surface area contributed by atoms with Gasteiger partial charge in [0.2, 0.25) is 0 Å². The van der Waals surface area contributed by atoms with Gasteiger partial charge in [0, 0.05) is 0 Å². The maximum atomic E-state index is 11.4. The van der Waals surface area contributed by atoms with Crippen molar-refractivity contribution in [1.82, 2.24) is 0 Å². The number of aliphatic hydroxyl groups excluding tert-OH is 2. The fourth-order valence-electron chi connectivity index (χ4n) is 2.91. The molecule has 1 heterocycles. The van der Waals surface area contributed by atoms with Gasteiger partial charge in [0.1, 0.15) is 18.0 Å². The molecule has 110 valence electrons. The van der Waals surface area contributed by atoms with Gasteiger partial charge < -0.3 is 14.9 Å². The van der Waals surface area contributed by atoms with Gasteiger partial charge in [-0.3, -0.25) is 0 Å². The molecule has 3 rings (SSSR count). The van der Waals surface area contributed by atoms with Crippen LogP contribution in [0.3, 0.4) is 0 Å². The van der Waals surface area contributed by atoms with Crippen LogP contribution >= 0.6 is 0 Å². The first-order valence-corrected chi connectivity index (χ1v) is 8.63. The van der Waals surface area contributed by atoms with Crippen molar-refractivity contribution in [3.63, 3.8) is 0 Å². The van der Waals surface area contributed by atoms with Gasteiger partial charge in [-0.25, -0.2) is 8.42 Å². The summed E-state index contributed by atoms with van der Waals surface area (Å²) in [6.07, 6.45) is 0.442. The van der Waals surface area contributed by atoms with Crippen molar-refractivity contribution in [3.05, 3.63) is 29.3 Å². The lowest BCUT2D eigenvalue weighted by atomic mass is 9.89. The highest BCUT2D eigenvalue weighted by Crippen LogP contribution is 2.33. The van der Waals surface area contributed by atoms with Crippen molar-refractivity contribution in [1.29, 1.82) is 0 Å². The maximum absolute atomic E-state index is 11.4. The number of rotatable bonds is 2. The quantitative estimate of drug-likeness (QED) is 0.835. The fraction of sp³-hybridized carbons (Fsp3) is 0.571. The Bertz CT molecular complexity index is 610. The molecule has 0 saturated carbocycles. The zero-order valence-corrected chi connectivity index (χ0v) is 11.8. The molecule has 1 aromatic rings. The number of aryl methyl sites for hydroxylation is 1. The molecule has 1 aliphatic heterocycles. The molecule has 1 aliphatic carbocycles. The number of ether oxygens (including phenoxy) is 1. The molecule has 0 aromatic heterocycles. The van der Waals surface area contributed by atoms with E-state index in [1.807, 2.05) is 6.07 Å². The van der Waals surface area contributed by atoms with Crippen LogP contribution < -0.4 is 4.74 Å². The van der Waals surface area contributed by atoms with E-state index in [0.717, 1.165) is 30.4 Å². The van der Waals surface area contributed by atoms with Gasteiger partial charge in [-0.2, -0.15) is 0 Å². The van der Waals surface area contributed by atoms with E-state index in [4.69, 9.17) is 4.74 Å². The highest BCUT2D eigenvalue weighted by molar-refractivity contribution is 7.91. The van der Waals surface area contributed by atoms with E-state index in [9.17, 15) is 18.6 Å². The second kappa shape index (κ2) is 5.02. The Morgan fingerprint density at radius 1 is 1.20 bits per heavy atom. The molecule has 2 N–H and O–H groups in total. The first kappa shape index (κ1) is 13.9. The SMILES string of the molecule is O=S1(=O)CC(O)C(Oc2ccc3c(c2)[C@@H](O)CCC3)C1. The number of sulfone groups is 1. The summed E-state index contributed by atoms with van der Waals surface area (Å²) in [7, 11) is -3.22. The second-order valence-corrected chi connectivity index (χ2v) is 7.72. The van der Waals surface area contributed by atoms with Crippen LogP contribution in [-0.2, 0) is 16.3 Å². The lowest BCUT2D eigenvalue weighted by Crippen LogP contribution is -2.29.